The summed E-state index contributed by atoms with van der Waals surface area (Å²) in [4.78, 5) is 22.5. The number of rotatable bonds is 7. The first-order valence-corrected chi connectivity index (χ1v) is 7.06. The lowest BCUT2D eigenvalue weighted by atomic mass is 10.0. The second-order valence-corrected chi connectivity index (χ2v) is 5.89. The minimum Gasteiger partial charge on any atom is -0.456 e. The molecular weight excluding hydrogens is 400 g/mol. The van der Waals surface area contributed by atoms with Gasteiger partial charge in [0.05, 0.1) is 0 Å². The number of ether oxygens (including phenoxy) is 2. The number of hydrogen-bond donors (Lipinski definition) is 1. The molecule has 0 bridgehead atoms. The zero-order valence-corrected chi connectivity index (χ0v) is 14.2. The summed E-state index contributed by atoms with van der Waals surface area (Å²) in [7, 11) is 0. The Kier molecular flexibility index (Phi) is 7.42. The van der Waals surface area contributed by atoms with Gasteiger partial charge in [0, 0.05) is 5.57 Å². The average Bonchev–Trinajstić information content (AvgIpc) is 2.46. The molecule has 0 saturated heterocycles. The molecule has 0 heterocycles. The van der Waals surface area contributed by atoms with Gasteiger partial charge >= 0.3 is 35.8 Å². The average molecular weight is 416 g/mol. The first-order valence-electron chi connectivity index (χ1n) is 7.06. The van der Waals surface area contributed by atoms with Crippen molar-refractivity contribution in [1.82, 2.24) is 0 Å². The number of esters is 2. The molecule has 0 aliphatic heterocycles. The van der Waals surface area contributed by atoms with Crippen molar-refractivity contribution in [3.05, 3.63) is 12.2 Å². The molecule has 158 valence electrons. The Morgan fingerprint density at radius 3 is 1.70 bits per heavy atom. The smallest absolute Gasteiger partial charge is 0.437 e. The van der Waals surface area contributed by atoms with Gasteiger partial charge in [0.1, 0.15) is 0 Å². The van der Waals surface area contributed by atoms with Gasteiger partial charge in [-0.05, 0) is 12.8 Å². The Hall–Kier alpha value is -1.92. The molecule has 0 spiro atoms. The largest absolute Gasteiger partial charge is 0.456 e. The molecule has 0 saturated carbocycles. The molecule has 1 unspecified atom stereocenters. The Morgan fingerprint density at radius 1 is 1.00 bits per heavy atom. The van der Waals surface area contributed by atoms with E-state index in [1.54, 1.807) is 0 Å². The maximum absolute atomic E-state index is 14.1. The van der Waals surface area contributed by atoms with E-state index in [0.29, 0.717) is 0 Å². The Morgan fingerprint density at radius 2 is 1.41 bits per heavy atom. The molecule has 0 aromatic rings. The normalized spacial score (nSPS) is 14.7. The number of hydrogen-bond acceptors (Lipinski definition) is 5. The summed E-state index contributed by atoms with van der Waals surface area (Å²) in [6, 6.07) is 0. The van der Waals surface area contributed by atoms with Crippen LogP contribution in [0.1, 0.15) is 20.8 Å². The number of aliphatic hydroxyl groups is 1. The quantitative estimate of drug-likeness (QED) is 0.392. The van der Waals surface area contributed by atoms with Crippen LogP contribution in [0.15, 0.2) is 12.2 Å². The second kappa shape index (κ2) is 7.98. The van der Waals surface area contributed by atoms with Crippen LogP contribution >= 0.6 is 0 Å². The lowest BCUT2D eigenvalue weighted by Gasteiger charge is -2.32. The number of alkyl halides is 8. The minimum atomic E-state index is -6.58. The fourth-order valence-corrected chi connectivity index (χ4v) is 1.67. The van der Waals surface area contributed by atoms with Crippen LogP contribution in [0.4, 0.5) is 35.1 Å². The standard InChI is InChI=1S/C14H16F8O5/c1-6(2)8(27-9(23)7(3)4)11(15,16)5-26-10(24)12(25,13(17,18)19)14(20,21)22/h6,8,25H,3,5H2,1-2,4H3. The van der Waals surface area contributed by atoms with E-state index in [9.17, 15) is 44.7 Å². The van der Waals surface area contributed by atoms with Gasteiger partial charge in [-0.2, -0.15) is 35.1 Å². The van der Waals surface area contributed by atoms with Crippen molar-refractivity contribution >= 4 is 11.9 Å². The highest BCUT2D eigenvalue weighted by atomic mass is 19.4. The monoisotopic (exact) mass is 416 g/mol. The van der Waals surface area contributed by atoms with E-state index in [0.717, 1.165) is 20.8 Å². The van der Waals surface area contributed by atoms with Gasteiger partial charge in [-0.15, -0.1) is 0 Å². The first-order chi connectivity index (χ1) is 11.8. The van der Waals surface area contributed by atoms with Crippen molar-refractivity contribution in [3.63, 3.8) is 0 Å². The van der Waals surface area contributed by atoms with E-state index in [1.165, 1.54) is 0 Å². The summed E-state index contributed by atoms with van der Waals surface area (Å²) in [6.45, 7) is 4.12. The van der Waals surface area contributed by atoms with E-state index in [1.807, 2.05) is 0 Å². The maximum Gasteiger partial charge on any atom is 0.437 e. The van der Waals surface area contributed by atoms with Crippen LogP contribution in [-0.4, -0.2) is 53.6 Å². The molecule has 1 N–H and O–H groups in total. The predicted octanol–water partition coefficient (Wildman–Crippen LogP) is 3.16. The molecule has 0 fully saturated rings. The van der Waals surface area contributed by atoms with E-state index >= 15 is 0 Å². The highest BCUT2D eigenvalue weighted by molar-refractivity contribution is 5.87. The van der Waals surface area contributed by atoms with Crippen molar-refractivity contribution < 1.29 is 59.3 Å². The summed E-state index contributed by atoms with van der Waals surface area (Å²) in [6.07, 6.45) is -15.5. The maximum atomic E-state index is 14.1. The molecule has 13 heteroatoms. The van der Waals surface area contributed by atoms with Crippen LogP contribution in [0.3, 0.4) is 0 Å². The second-order valence-electron chi connectivity index (χ2n) is 5.89. The minimum absolute atomic E-state index is 0.308. The lowest BCUT2D eigenvalue weighted by Crippen LogP contribution is -2.63. The third-order valence-electron chi connectivity index (χ3n) is 3.12. The summed E-state index contributed by atoms with van der Waals surface area (Å²) in [5.74, 6) is -10.2. The number of carbonyl (C=O) groups is 2. The van der Waals surface area contributed by atoms with Gasteiger partial charge in [-0.3, -0.25) is 0 Å². The van der Waals surface area contributed by atoms with Crippen LogP contribution in [0.5, 0.6) is 0 Å². The fourth-order valence-electron chi connectivity index (χ4n) is 1.67. The molecule has 27 heavy (non-hydrogen) atoms. The molecule has 1 atom stereocenters. The summed E-state index contributed by atoms with van der Waals surface area (Å²) >= 11 is 0. The topological polar surface area (TPSA) is 72.8 Å². The fraction of sp³-hybridized carbons (Fsp3) is 0.714. The van der Waals surface area contributed by atoms with E-state index < -0.39 is 54.4 Å². The van der Waals surface area contributed by atoms with Crippen LogP contribution < -0.4 is 0 Å². The van der Waals surface area contributed by atoms with E-state index in [2.05, 4.69) is 16.1 Å². The van der Waals surface area contributed by atoms with Crippen LogP contribution in [-0.2, 0) is 19.1 Å². The van der Waals surface area contributed by atoms with Crippen molar-refractivity contribution in [1.29, 1.82) is 0 Å². The van der Waals surface area contributed by atoms with Crippen LogP contribution in [0, 0.1) is 5.92 Å². The molecule has 5 nitrogen and oxygen atoms in total. The third-order valence-corrected chi connectivity index (χ3v) is 3.12. The SMILES string of the molecule is C=C(C)C(=O)OC(C(C)C)C(F)(F)COC(=O)C(O)(C(F)(F)F)C(F)(F)F. The highest BCUT2D eigenvalue weighted by Crippen LogP contribution is 2.44. The zero-order chi connectivity index (χ0) is 22.0. The van der Waals surface area contributed by atoms with Gasteiger partial charge in [0.25, 0.3) is 0 Å². The zero-order valence-electron chi connectivity index (χ0n) is 14.2. The van der Waals surface area contributed by atoms with Crippen LogP contribution in [0.25, 0.3) is 0 Å². The van der Waals surface area contributed by atoms with Crippen LogP contribution in [0.2, 0.25) is 0 Å². The van der Waals surface area contributed by atoms with Crippen molar-refractivity contribution in [2.45, 2.75) is 50.8 Å². The number of carbonyl (C=O) groups excluding carboxylic acids is 2. The molecule has 0 rings (SSSR count). The van der Waals surface area contributed by atoms with Gasteiger partial charge < -0.3 is 14.6 Å². The van der Waals surface area contributed by atoms with Gasteiger partial charge in [-0.25, -0.2) is 9.59 Å². The van der Waals surface area contributed by atoms with Crippen molar-refractivity contribution in [2.75, 3.05) is 6.61 Å². The molecule has 0 amide bonds. The Labute approximate surface area is 147 Å². The Balaban J connectivity index is 5.53. The summed E-state index contributed by atoms with van der Waals surface area (Å²) < 4.78 is 111. The van der Waals surface area contributed by atoms with Crippen molar-refractivity contribution in [2.24, 2.45) is 5.92 Å². The molecule has 0 aliphatic rings. The lowest BCUT2D eigenvalue weighted by molar-refractivity contribution is -0.358. The van der Waals surface area contributed by atoms with Gasteiger partial charge in [0.15, 0.2) is 12.7 Å². The Bertz CT molecular complexity index is 565. The first kappa shape index (κ1) is 25.1. The molecule has 0 aromatic heterocycles. The van der Waals surface area contributed by atoms with Gasteiger partial charge in [0.2, 0.25) is 0 Å². The molecule has 0 aromatic carbocycles. The van der Waals surface area contributed by atoms with E-state index in [4.69, 9.17) is 5.11 Å². The van der Waals surface area contributed by atoms with Gasteiger partial charge in [-0.1, -0.05) is 20.4 Å². The highest BCUT2D eigenvalue weighted by Gasteiger charge is 2.77. The summed E-state index contributed by atoms with van der Waals surface area (Å²) in [5, 5.41) is 8.75. The van der Waals surface area contributed by atoms with Crippen molar-refractivity contribution in [3.8, 4) is 0 Å². The van der Waals surface area contributed by atoms with E-state index in [-0.39, 0.29) is 5.57 Å². The predicted molar refractivity (Wildman–Crippen MR) is 72.5 cm³/mol. The molecule has 0 radical (unpaired) electrons. The third kappa shape index (κ3) is 5.53. The summed E-state index contributed by atoms with van der Waals surface area (Å²) in [5.41, 5.74) is -6.31. The molecular formula is C14H16F8O5. The molecule has 0 aliphatic carbocycles. The number of halogens is 8.